The molecule has 2 N–H and O–H groups in total. The van der Waals surface area contributed by atoms with E-state index in [0.717, 1.165) is 5.56 Å². The van der Waals surface area contributed by atoms with E-state index in [-0.39, 0.29) is 24.0 Å². The van der Waals surface area contributed by atoms with Gasteiger partial charge in [-0.1, -0.05) is 12.1 Å². The maximum absolute atomic E-state index is 12.0. The van der Waals surface area contributed by atoms with Crippen molar-refractivity contribution < 1.29 is 14.3 Å². The third kappa shape index (κ3) is 4.28. The zero-order valence-corrected chi connectivity index (χ0v) is 12.2. The number of carbonyl (C=O) groups is 1. The minimum Gasteiger partial charge on any atom is -0.466 e. The van der Waals surface area contributed by atoms with Crippen LogP contribution in [-0.4, -0.2) is 34.3 Å². The standard InChI is InChI=1S/C14H18N4O3/c1-9(2)21-8-10-4-6-11(7-5-10)12(19)15-13-16-14(20-3)18-17-13/h4-7,9H,8H2,1-3H3,(H2,15,16,17,18,19). The van der Waals surface area contributed by atoms with Crippen LogP contribution in [0.3, 0.4) is 0 Å². The van der Waals surface area contributed by atoms with Crippen LogP contribution in [0.15, 0.2) is 24.3 Å². The molecule has 1 heterocycles. The molecular formula is C14H18N4O3. The molecular weight excluding hydrogens is 272 g/mol. The molecule has 0 saturated heterocycles. The van der Waals surface area contributed by atoms with Crippen molar-refractivity contribution in [1.82, 2.24) is 15.2 Å². The predicted molar refractivity (Wildman–Crippen MR) is 77.3 cm³/mol. The van der Waals surface area contributed by atoms with Crippen molar-refractivity contribution in [2.75, 3.05) is 12.4 Å². The number of H-pyrrole nitrogens is 1. The lowest BCUT2D eigenvalue weighted by Crippen LogP contribution is -2.13. The second-order valence-electron chi connectivity index (χ2n) is 4.68. The smallest absolute Gasteiger partial charge is 0.336 e. The molecule has 0 spiro atoms. The fourth-order valence-corrected chi connectivity index (χ4v) is 1.59. The van der Waals surface area contributed by atoms with Crippen molar-refractivity contribution in [2.24, 2.45) is 0 Å². The van der Waals surface area contributed by atoms with Crippen molar-refractivity contribution in [2.45, 2.75) is 26.6 Å². The number of carbonyl (C=O) groups excluding carboxylic acids is 1. The first-order chi connectivity index (χ1) is 10.1. The Kier molecular flexibility index (Phi) is 4.89. The highest BCUT2D eigenvalue weighted by Crippen LogP contribution is 2.10. The van der Waals surface area contributed by atoms with E-state index in [1.807, 2.05) is 26.0 Å². The molecule has 2 aromatic rings. The average molecular weight is 290 g/mol. The van der Waals surface area contributed by atoms with E-state index in [1.54, 1.807) is 12.1 Å². The molecule has 2 rings (SSSR count). The Morgan fingerprint density at radius 3 is 2.62 bits per heavy atom. The van der Waals surface area contributed by atoms with Gasteiger partial charge in [0.05, 0.1) is 19.8 Å². The molecule has 7 heteroatoms. The maximum atomic E-state index is 12.0. The maximum Gasteiger partial charge on any atom is 0.336 e. The highest BCUT2D eigenvalue weighted by Gasteiger charge is 2.09. The summed E-state index contributed by atoms with van der Waals surface area (Å²) < 4.78 is 10.3. The number of anilines is 1. The zero-order chi connectivity index (χ0) is 15.2. The molecule has 0 bridgehead atoms. The first-order valence-electron chi connectivity index (χ1n) is 6.56. The number of hydrogen-bond acceptors (Lipinski definition) is 5. The van der Waals surface area contributed by atoms with Crippen LogP contribution in [0.1, 0.15) is 29.8 Å². The molecule has 0 aliphatic rings. The number of nitrogens with zero attached hydrogens (tertiary/aromatic N) is 2. The van der Waals surface area contributed by atoms with Crippen molar-refractivity contribution in [3.8, 4) is 6.01 Å². The summed E-state index contributed by atoms with van der Waals surface area (Å²) in [5.74, 6) is -0.0331. The lowest BCUT2D eigenvalue weighted by Gasteiger charge is -2.08. The van der Waals surface area contributed by atoms with E-state index in [2.05, 4.69) is 20.5 Å². The van der Waals surface area contributed by atoms with Crippen LogP contribution in [0.5, 0.6) is 6.01 Å². The molecule has 0 aliphatic carbocycles. The number of rotatable bonds is 6. The number of ether oxygens (including phenoxy) is 2. The van der Waals surface area contributed by atoms with Gasteiger partial charge in [-0.05, 0) is 31.5 Å². The summed E-state index contributed by atoms with van der Waals surface area (Å²) in [5.41, 5.74) is 1.54. The second kappa shape index (κ2) is 6.85. The van der Waals surface area contributed by atoms with Gasteiger partial charge >= 0.3 is 6.01 Å². The Balaban J connectivity index is 1.96. The van der Waals surface area contributed by atoms with Crippen molar-refractivity contribution in [3.63, 3.8) is 0 Å². The monoisotopic (exact) mass is 290 g/mol. The van der Waals surface area contributed by atoms with Crippen LogP contribution < -0.4 is 10.1 Å². The quantitative estimate of drug-likeness (QED) is 0.849. The van der Waals surface area contributed by atoms with Crippen molar-refractivity contribution in [3.05, 3.63) is 35.4 Å². The normalized spacial score (nSPS) is 10.7. The van der Waals surface area contributed by atoms with Crippen LogP contribution in [0.2, 0.25) is 0 Å². The Labute approximate surface area is 122 Å². The van der Waals surface area contributed by atoms with Gasteiger partial charge in [-0.15, -0.1) is 5.10 Å². The summed E-state index contributed by atoms with van der Waals surface area (Å²) in [6, 6.07) is 7.37. The van der Waals surface area contributed by atoms with Crippen LogP contribution >= 0.6 is 0 Å². The third-order valence-corrected chi connectivity index (χ3v) is 2.68. The summed E-state index contributed by atoms with van der Waals surface area (Å²) >= 11 is 0. The van der Waals surface area contributed by atoms with E-state index in [0.29, 0.717) is 12.2 Å². The van der Waals surface area contributed by atoms with Gasteiger partial charge in [-0.3, -0.25) is 10.1 Å². The lowest BCUT2D eigenvalue weighted by molar-refractivity contribution is 0.0657. The van der Waals surface area contributed by atoms with Gasteiger partial charge in [-0.2, -0.15) is 4.98 Å². The Bertz CT molecular complexity index is 593. The number of nitrogens with one attached hydrogen (secondary N) is 2. The van der Waals surface area contributed by atoms with E-state index >= 15 is 0 Å². The largest absolute Gasteiger partial charge is 0.466 e. The average Bonchev–Trinajstić information content (AvgIpc) is 2.93. The van der Waals surface area contributed by atoms with E-state index < -0.39 is 0 Å². The molecule has 0 radical (unpaired) electrons. The fourth-order valence-electron chi connectivity index (χ4n) is 1.59. The molecule has 0 unspecified atom stereocenters. The first-order valence-corrected chi connectivity index (χ1v) is 6.56. The molecule has 0 atom stereocenters. The number of amides is 1. The van der Waals surface area contributed by atoms with Gasteiger partial charge in [0.15, 0.2) is 0 Å². The molecule has 0 aliphatic heterocycles. The van der Waals surface area contributed by atoms with Gasteiger partial charge in [0.1, 0.15) is 0 Å². The molecule has 21 heavy (non-hydrogen) atoms. The van der Waals surface area contributed by atoms with Gasteiger partial charge in [0, 0.05) is 5.56 Å². The van der Waals surface area contributed by atoms with Gasteiger partial charge < -0.3 is 9.47 Å². The third-order valence-electron chi connectivity index (χ3n) is 2.68. The Morgan fingerprint density at radius 2 is 2.05 bits per heavy atom. The summed E-state index contributed by atoms with van der Waals surface area (Å²) in [6.45, 7) is 4.49. The van der Waals surface area contributed by atoms with Gasteiger partial charge in [0.2, 0.25) is 5.95 Å². The topological polar surface area (TPSA) is 89.1 Å². The van der Waals surface area contributed by atoms with Gasteiger partial charge in [0.25, 0.3) is 5.91 Å². The van der Waals surface area contributed by atoms with Crippen molar-refractivity contribution >= 4 is 11.9 Å². The molecule has 1 aromatic heterocycles. The fraction of sp³-hybridized carbons (Fsp3) is 0.357. The van der Waals surface area contributed by atoms with E-state index in [1.165, 1.54) is 7.11 Å². The van der Waals surface area contributed by atoms with E-state index in [4.69, 9.17) is 9.47 Å². The SMILES string of the molecule is COc1n[nH]c(NC(=O)c2ccc(COC(C)C)cc2)n1. The zero-order valence-electron chi connectivity index (χ0n) is 12.2. The summed E-state index contributed by atoms with van der Waals surface area (Å²) in [6.07, 6.45) is 0.175. The Hall–Kier alpha value is -2.41. The van der Waals surface area contributed by atoms with Crippen molar-refractivity contribution in [1.29, 1.82) is 0 Å². The minimum absolute atomic E-state index is 0.173. The highest BCUT2D eigenvalue weighted by atomic mass is 16.5. The van der Waals surface area contributed by atoms with Gasteiger partial charge in [-0.25, -0.2) is 5.10 Å². The van der Waals surface area contributed by atoms with Crippen LogP contribution in [0, 0.1) is 0 Å². The number of hydrogen-bond donors (Lipinski definition) is 2. The first kappa shape index (κ1) is 15.0. The van der Waals surface area contributed by atoms with Crippen LogP contribution in [-0.2, 0) is 11.3 Å². The minimum atomic E-state index is -0.273. The molecule has 0 saturated carbocycles. The highest BCUT2D eigenvalue weighted by molar-refractivity contribution is 6.03. The molecule has 112 valence electrons. The predicted octanol–water partition coefficient (Wildman–Crippen LogP) is 1.99. The second-order valence-corrected chi connectivity index (χ2v) is 4.68. The summed E-state index contributed by atoms with van der Waals surface area (Å²) in [4.78, 5) is 15.9. The molecule has 1 aromatic carbocycles. The van der Waals surface area contributed by atoms with E-state index in [9.17, 15) is 4.79 Å². The van der Waals surface area contributed by atoms with Crippen LogP contribution in [0.4, 0.5) is 5.95 Å². The summed E-state index contributed by atoms with van der Waals surface area (Å²) in [7, 11) is 1.45. The molecule has 0 fully saturated rings. The lowest BCUT2D eigenvalue weighted by atomic mass is 10.1. The number of aromatic nitrogens is 3. The molecule has 7 nitrogen and oxygen atoms in total. The number of aromatic amines is 1. The molecule has 1 amide bonds. The van der Waals surface area contributed by atoms with Crippen LogP contribution in [0.25, 0.3) is 0 Å². The summed E-state index contributed by atoms with van der Waals surface area (Å²) in [5, 5.41) is 8.91. The number of benzene rings is 1. The number of methoxy groups -OCH3 is 1. The Morgan fingerprint density at radius 1 is 1.33 bits per heavy atom.